The Bertz CT molecular complexity index is 509. The van der Waals surface area contributed by atoms with E-state index in [1.165, 1.54) is 12.1 Å². The number of hydrogen-bond acceptors (Lipinski definition) is 3. The van der Waals surface area contributed by atoms with Crippen molar-refractivity contribution in [3.63, 3.8) is 0 Å². The van der Waals surface area contributed by atoms with Crippen LogP contribution >= 0.6 is 0 Å². The summed E-state index contributed by atoms with van der Waals surface area (Å²) in [4.78, 5) is 22.8. The minimum Gasteiger partial charge on any atom is -0.354 e. The first kappa shape index (κ1) is 14.5. The molecule has 0 radical (unpaired) electrons. The molecule has 1 aliphatic heterocycles. The van der Waals surface area contributed by atoms with Crippen LogP contribution in [0.25, 0.3) is 0 Å². The summed E-state index contributed by atoms with van der Waals surface area (Å²) >= 11 is 0. The van der Waals surface area contributed by atoms with Crippen molar-refractivity contribution in [3.05, 3.63) is 35.1 Å². The molecule has 2 amide bonds. The third-order valence-electron chi connectivity index (χ3n) is 3.33. The maximum absolute atomic E-state index is 13.0. The molecule has 3 N–H and O–H groups in total. The summed E-state index contributed by atoms with van der Waals surface area (Å²) in [6.07, 6.45) is 0.650. The highest BCUT2D eigenvalue weighted by molar-refractivity contribution is 5.86. The van der Waals surface area contributed by atoms with E-state index in [9.17, 15) is 14.0 Å². The molecule has 108 valence electrons. The number of nitrogens with one attached hydrogen (secondary N) is 3. The highest BCUT2D eigenvalue weighted by atomic mass is 19.1. The van der Waals surface area contributed by atoms with E-state index in [1.54, 1.807) is 6.07 Å². The topological polar surface area (TPSA) is 70.2 Å². The van der Waals surface area contributed by atoms with Crippen molar-refractivity contribution in [2.45, 2.75) is 19.4 Å². The van der Waals surface area contributed by atoms with Crippen LogP contribution in [0.15, 0.2) is 18.2 Å². The lowest BCUT2D eigenvalue weighted by Gasteiger charge is -2.23. The second-order valence-corrected chi connectivity index (χ2v) is 4.85. The zero-order valence-corrected chi connectivity index (χ0v) is 11.3. The van der Waals surface area contributed by atoms with Gasteiger partial charge >= 0.3 is 0 Å². The van der Waals surface area contributed by atoms with E-state index in [0.717, 1.165) is 11.1 Å². The minimum atomic E-state index is -0.387. The van der Waals surface area contributed by atoms with E-state index in [0.29, 0.717) is 19.5 Å². The molecule has 1 aliphatic rings. The van der Waals surface area contributed by atoms with Crippen LogP contribution in [0.5, 0.6) is 0 Å². The van der Waals surface area contributed by atoms with E-state index in [1.807, 2.05) is 6.92 Å². The van der Waals surface area contributed by atoms with Gasteiger partial charge in [-0.15, -0.1) is 0 Å². The molecule has 1 unspecified atom stereocenters. The molecule has 0 aliphatic carbocycles. The van der Waals surface area contributed by atoms with Crippen molar-refractivity contribution in [3.8, 4) is 0 Å². The Hall–Kier alpha value is -1.95. The molecule has 1 heterocycles. The van der Waals surface area contributed by atoms with Gasteiger partial charge in [0.2, 0.25) is 11.8 Å². The number of halogens is 1. The quantitative estimate of drug-likeness (QED) is 0.720. The van der Waals surface area contributed by atoms with Gasteiger partial charge in [0.15, 0.2) is 0 Å². The summed E-state index contributed by atoms with van der Waals surface area (Å²) in [6, 6.07) is 4.25. The average molecular weight is 279 g/mol. The molecule has 1 fully saturated rings. The molecule has 1 saturated heterocycles. The third-order valence-corrected chi connectivity index (χ3v) is 3.33. The van der Waals surface area contributed by atoms with Crippen molar-refractivity contribution in [1.29, 1.82) is 0 Å². The Kier molecular flexibility index (Phi) is 4.68. The lowest BCUT2D eigenvalue weighted by Crippen LogP contribution is -2.58. The largest absolute Gasteiger partial charge is 0.354 e. The smallest absolute Gasteiger partial charge is 0.238 e. The zero-order chi connectivity index (χ0) is 14.5. The van der Waals surface area contributed by atoms with Gasteiger partial charge in [0.1, 0.15) is 11.9 Å². The first-order valence-electron chi connectivity index (χ1n) is 6.59. The number of carbonyl (C=O) groups excluding carboxylic acids is 2. The van der Waals surface area contributed by atoms with Gasteiger partial charge in [0, 0.05) is 13.1 Å². The standard InChI is InChI=1S/C14H18FN3O2/c1-9-6-11(15)3-2-10(9)4-5-16-14(20)12-7-18-13(19)8-17-12/h2-3,6,12,17H,4-5,7-8H2,1H3,(H,16,20)(H,18,19). The number of amides is 2. The molecule has 1 atom stereocenters. The fourth-order valence-electron chi connectivity index (χ4n) is 2.14. The molecule has 0 spiro atoms. The fourth-order valence-corrected chi connectivity index (χ4v) is 2.14. The highest BCUT2D eigenvalue weighted by Gasteiger charge is 2.23. The summed E-state index contributed by atoms with van der Waals surface area (Å²) in [6.45, 7) is 2.80. The molecule has 1 aromatic carbocycles. The van der Waals surface area contributed by atoms with E-state index >= 15 is 0 Å². The Labute approximate surface area is 116 Å². The molecular weight excluding hydrogens is 261 g/mol. The van der Waals surface area contributed by atoms with Crippen LogP contribution in [-0.4, -0.2) is 37.5 Å². The summed E-state index contributed by atoms with van der Waals surface area (Å²) in [7, 11) is 0. The molecule has 20 heavy (non-hydrogen) atoms. The predicted molar refractivity (Wildman–Crippen MR) is 72.7 cm³/mol. The minimum absolute atomic E-state index is 0.101. The zero-order valence-electron chi connectivity index (χ0n) is 11.3. The van der Waals surface area contributed by atoms with Crippen LogP contribution < -0.4 is 16.0 Å². The van der Waals surface area contributed by atoms with Crippen LogP contribution in [0.3, 0.4) is 0 Å². The highest BCUT2D eigenvalue weighted by Crippen LogP contribution is 2.10. The SMILES string of the molecule is Cc1cc(F)ccc1CCNC(=O)C1CNC(=O)CN1. The average Bonchev–Trinajstić information content (AvgIpc) is 2.42. The van der Waals surface area contributed by atoms with Gasteiger partial charge in [-0.3, -0.25) is 14.9 Å². The molecule has 0 bridgehead atoms. The van der Waals surface area contributed by atoms with Gasteiger partial charge < -0.3 is 10.6 Å². The predicted octanol–water partition coefficient (Wildman–Crippen LogP) is -0.119. The number of piperazine rings is 1. The van der Waals surface area contributed by atoms with Gasteiger partial charge in [-0.05, 0) is 36.6 Å². The van der Waals surface area contributed by atoms with Crippen LogP contribution in [-0.2, 0) is 16.0 Å². The normalized spacial score (nSPS) is 18.5. The van der Waals surface area contributed by atoms with Crippen LogP contribution in [0.1, 0.15) is 11.1 Å². The maximum Gasteiger partial charge on any atom is 0.238 e. The third kappa shape index (κ3) is 3.77. The molecule has 1 aromatic rings. The molecule has 6 heteroatoms. The van der Waals surface area contributed by atoms with Crippen LogP contribution in [0.2, 0.25) is 0 Å². The van der Waals surface area contributed by atoms with E-state index in [-0.39, 0.29) is 30.2 Å². The Morgan fingerprint density at radius 2 is 2.30 bits per heavy atom. The van der Waals surface area contributed by atoms with Gasteiger partial charge in [0.05, 0.1) is 6.54 Å². The number of carbonyl (C=O) groups is 2. The van der Waals surface area contributed by atoms with Gasteiger partial charge in [-0.2, -0.15) is 0 Å². The molecule has 0 aromatic heterocycles. The Morgan fingerprint density at radius 1 is 1.50 bits per heavy atom. The van der Waals surface area contributed by atoms with Crippen molar-refractivity contribution < 1.29 is 14.0 Å². The van der Waals surface area contributed by atoms with E-state index in [4.69, 9.17) is 0 Å². The monoisotopic (exact) mass is 279 g/mol. The lowest BCUT2D eigenvalue weighted by molar-refractivity contribution is -0.126. The second kappa shape index (κ2) is 6.47. The Balaban J connectivity index is 1.78. The van der Waals surface area contributed by atoms with Gasteiger partial charge in [-0.1, -0.05) is 6.07 Å². The number of rotatable bonds is 4. The van der Waals surface area contributed by atoms with Crippen LogP contribution in [0.4, 0.5) is 4.39 Å². The Morgan fingerprint density at radius 3 is 2.95 bits per heavy atom. The number of benzene rings is 1. The second-order valence-electron chi connectivity index (χ2n) is 4.85. The van der Waals surface area contributed by atoms with E-state index < -0.39 is 0 Å². The lowest BCUT2D eigenvalue weighted by atomic mass is 10.1. The summed E-state index contributed by atoms with van der Waals surface area (Å²) in [5, 5.41) is 8.31. The summed E-state index contributed by atoms with van der Waals surface area (Å²) in [5.41, 5.74) is 1.89. The molecular formula is C14H18FN3O2. The first-order chi connectivity index (χ1) is 9.56. The van der Waals surface area contributed by atoms with Crippen molar-refractivity contribution in [1.82, 2.24) is 16.0 Å². The number of hydrogen-bond donors (Lipinski definition) is 3. The maximum atomic E-state index is 13.0. The van der Waals surface area contributed by atoms with Crippen molar-refractivity contribution in [2.24, 2.45) is 0 Å². The van der Waals surface area contributed by atoms with Crippen molar-refractivity contribution >= 4 is 11.8 Å². The van der Waals surface area contributed by atoms with Crippen molar-refractivity contribution in [2.75, 3.05) is 19.6 Å². The molecule has 5 nitrogen and oxygen atoms in total. The van der Waals surface area contributed by atoms with Gasteiger partial charge in [0.25, 0.3) is 0 Å². The van der Waals surface area contributed by atoms with Gasteiger partial charge in [-0.25, -0.2) is 4.39 Å². The molecule has 2 rings (SSSR count). The van der Waals surface area contributed by atoms with E-state index in [2.05, 4.69) is 16.0 Å². The number of aryl methyl sites for hydroxylation is 1. The first-order valence-corrected chi connectivity index (χ1v) is 6.59. The summed E-state index contributed by atoms with van der Waals surface area (Å²) in [5.74, 6) is -0.488. The molecule has 0 saturated carbocycles. The summed E-state index contributed by atoms with van der Waals surface area (Å²) < 4.78 is 13.0. The fraction of sp³-hybridized carbons (Fsp3) is 0.429. The van der Waals surface area contributed by atoms with Crippen LogP contribution in [0, 0.1) is 12.7 Å².